The molecule has 114 valence electrons. The number of piperazine rings is 1. The van der Waals surface area contributed by atoms with E-state index in [1.807, 2.05) is 11.8 Å². The van der Waals surface area contributed by atoms with E-state index in [4.69, 9.17) is 0 Å². The molecule has 5 heteroatoms. The van der Waals surface area contributed by atoms with Gasteiger partial charge in [-0.1, -0.05) is 12.5 Å². The molecule has 1 aromatic carbocycles. The molecule has 3 nitrogen and oxygen atoms in total. The highest BCUT2D eigenvalue weighted by Crippen LogP contribution is 2.46. The Hall–Kier alpha value is -1.49. The van der Waals surface area contributed by atoms with Gasteiger partial charge in [0.1, 0.15) is 11.6 Å². The van der Waals surface area contributed by atoms with Crippen LogP contribution in [-0.2, 0) is 10.2 Å². The fourth-order valence-electron chi connectivity index (χ4n) is 3.43. The first kappa shape index (κ1) is 14.4. The maximum absolute atomic E-state index is 14.1. The zero-order valence-electron chi connectivity index (χ0n) is 12.2. The predicted molar refractivity (Wildman–Crippen MR) is 75.9 cm³/mol. The van der Waals surface area contributed by atoms with E-state index in [0.717, 1.165) is 19.0 Å². The fourth-order valence-corrected chi connectivity index (χ4v) is 3.43. The van der Waals surface area contributed by atoms with Crippen LogP contribution in [0.2, 0.25) is 0 Å². The summed E-state index contributed by atoms with van der Waals surface area (Å²) in [7, 11) is 0. The van der Waals surface area contributed by atoms with E-state index in [0.29, 0.717) is 31.5 Å². The van der Waals surface area contributed by atoms with Crippen molar-refractivity contribution in [2.75, 3.05) is 19.6 Å². The van der Waals surface area contributed by atoms with Crippen LogP contribution in [0.1, 0.15) is 31.7 Å². The minimum absolute atomic E-state index is 0.00684. The number of rotatable bonds is 2. The molecule has 0 bridgehead atoms. The van der Waals surface area contributed by atoms with Crippen molar-refractivity contribution < 1.29 is 13.6 Å². The van der Waals surface area contributed by atoms with Gasteiger partial charge in [0.2, 0.25) is 5.91 Å². The third-order valence-electron chi connectivity index (χ3n) is 4.72. The molecule has 3 rings (SSSR count). The highest BCUT2D eigenvalue weighted by molar-refractivity contribution is 5.89. The van der Waals surface area contributed by atoms with Gasteiger partial charge in [-0.2, -0.15) is 0 Å². The summed E-state index contributed by atoms with van der Waals surface area (Å²) in [5.41, 5.74) is -0.430. The van der Waals surface area contributed by atoms with Gasteiger partial charge in [-0.3, -0.25) is 4.79 Å². The normalized spacial score (nSPS) is 24.5. The first-order valence-electron chi connectivity index (χ1n) is 7.51. The van der Waals surface area contributed by atoms with Crippen LogP contribution >= 0.6 is 0 Å². The van der Waals surface area contributed by atoms with Crippen LogP contribution in [0, 0.1) is 11.6 Å². The zero-order valence-corrected chi connectivity index (χ0v) is 12.2. The molecule has 1 aliphatic heterocycles. The van der Waals surface area contributed by atoms with Crippen molar-refractivity contribution in [2.24, 2.45) is 0 Å². The molecule has 0 aromatic heterocycles. The number of carbonyl (C=O) groups is 1. The summed E-state index contributed by atoms with van der Waals surface area (Å²) >= 11 is 0. The number of nitrogens with one attached hydrogen (secondary N) is 1. The van der Waals surface area contributed by atoms with Crippen molar-refractivity contribution >= 4 is 5.91 Å². The fraction of sp³-hybridized carbons (Fsp3) is 0.562. The molecule has 1 heterocycles. The highest BCUT2D eigenvalue weighted by Gasteiger charge is 2.49. The SMILES string of the molecule is C[C@@H]1CN(C(=O)C2(c3ccc(F)cc3F)CCC2)CCN1. The summed E-state index contributed by atoms with van der Waals surface area (Å²) in [5, 5.41) is 3.30. The molecule has 2 aliphatic rings. The van der Waals surface area contributed by atoms with Crippen molar-refractivity contribution in [3.8, 4) is 0 Å². The molecule has 1 N–H and O–H groups in total. The lowest BCUT2D eigenvalue weighted by Gasteiger charge is -2.45. The second-order valence-corrected chi connectivity index (χ2v) is 6.17. The van der Waals surface area contributed by atoms with Crippen LogP contribution in [0.25, 0.3) is 0 Å². The number of amides is 1. The largest absolute Gasteiger partial charge is 0.339 e. The molecular weight excluding hydrogens is 274 g/mol. The standard InChI is InChI=1S/C16H20F2N2O/c1-11-10-20(8-7-19-11)15(21)16(5-2-6-16)13-4-3-12(17)9-14(13)18/h3-4,9,11,19H,2,5-8,10H2,1H3/t11-/m1/s1. The Bertz CT molecular complexity index is 557. The molecule has 1 aliphatic carbocycles. The maximum Gasteiger partial charge on any atom is 0.233 e. The van der Waals surface area contributed by atoms with Crippen LogP contribution in [-0.4, -0.2) is 36.5 Å². The van der Waals surface area contributed by atoms with Gasteiger partial charge < -0.3 is 10.2 Å². The van der Waals surface area contributed by atoms with Gasteiger partial charge in [-0.25, -0.2) is 8.78 Å². The van der Waals surface area contributed by atoms with Crippen molar-refractivity contribution in [3.63, 3.8) is 0 Å². The van der Waals surface area contributed by atoms with Gasteiger partial charge in [0, 0.05) is 37.3 Å². The Morgan fingerprint density at radius 3 is 2.71 bits per heavy atom. The third kappa shape index (κ3) is 2.44. The van der Waals surface area contributed by atoms with Crippen LogP contribution < -0.4 is 5.32 Å². The molecule has 1 saturated heterocycles. The number of nitrogens with zero attached hydrogens (tertiary/aromatic N) is 1. The number of benzene rings is 1. The van der Waals surface area contributed by atoms with E-state index in [2.05, 4.69) is 5.32 Å². The number of hydrogen-bond acceptors (Lipinski definition) is 2. The Balaban J connectivity index is 1.90. The lowest BCUT2D eigenvalue weighted by atomic mass is 9.63. The molecule has 0 radical (unpaired) electrons. The van der Waals surface area contributed by atoms with Gasteiger partial charge in [0.15, 0.2) is 0 Å². The molecule has 1 saturated carbocycles. The average Bonchev–Trinajstić information content (AvgIpc) is 2.39. The minimum atomic E-state index is -0.783. The molecule has 1 atom stereocenters. The second kappa shape index (κ2) is 5.37. The van der Waals surface area contributed by atoms with Crippen LogP contribution in [0.3, 0.4) is 0 Å². The Morgan fingerprint density at radius 1 is 1.38 bits per heavy atom. The number of hydrogen-bond donors (Lipinski definition) is 1. The molecule has 0 unspecified atom stereocenters. The monoisotopic (exact) mass is 294 g/mol. The number of carbonyl (C=O) groups excluding carboxylic acids is 1. The first-order valence-corrected chi connectivity index (χ1v) is 7.51. The summed E-state index contributed by atoms with van der Waals surface area (Å²) in [5.74, 6) is -1.21. The molecular formula is C16H20F2N2O. The first-order chi connectivity index (χ1) is 10.0. The van der Waals surface area contributed by atoms with Crippen LogP contribution in [0.15, 0.2) is 18.2 Å². The molecule has 1 amide bonds. The topological polar surface area (TPSA) is 32.3 Å². The van der Waals surface area contributed by atoms with Crippen molar-refractivity contribution in [2.45, 2.75) is 37.6 Å². The van der Waals surface area contributed by atoms with Gasteiger partial charge >= 0.3 is 0 Å². The van der Waals surface area contributed by atoms with Gasteiger partial charge in [-0.15, -0.1) is 0 Å². The van der Waals surface area contributed by atoms with Crippen molar-refractivity contribution in [1.29, 1.82) is 0 Å². The van der Waals surface area contributed by atoms with E-state index in [1.165, 1.54) is 12.1 Å². The van der Waals surface area contributed by atoms with Gasteiger partial charge in [-0.05, 0) is 25.8 Å². The van der Waals surface area contributed by atoms with E-state index < -0.39 is 17.0 Å². The van der Waals surface area contributed by atoms with E-state index in [1.54, 1.807) is 0 Å². The van der Waals surface area contributed by atoms with E-state index in [9.17, 15) is 13.6 Å². The minimum Gasteiger partial charge on any atom is -0.339 e. The summed E-state index contributed by atoms with van der Waals surface area (Å²) in [6, 6.07) is 3.81. The second-order valence-electron chi connectivity index (χ2n) is 6.17. The number of halogens is 2. The molecule has 2 fully saturated rings. The Labute approximate surface area is 123 Å². The van der Waals surface area contributed by atoms with Crippen molar-refractivity contribution in [1.82, 2.24) is 10.2 Å². The van der Waals surface area contributed by atoms with Gasteiger partial charge in [0.05, 0.1) is 5.41 Å². The molecule has 1 aromatic rings. The highest BCUT2D eigenvalue weighted by atomic mass is 19.1. The Kier molecular flexibility index (Phi) is 3.69. The smallest absolute Gasteiger partial charge is 0.233 e. The summed E-state index contributed by atoms with van der Waals surface area (Å²) in [4.78, 5) is 14.7. The quantitative estimate of drug-likeness (QED) is 0.907. The lowest BCUT2D eigenvalue weighted by Crippen LogP contribution is -2.58. The summed E-state index contributed by atoms with van der Waals surface area (Å²) in [6.07, 6.45) is 2.20. The molecule has 0 spiro atoms. The predicted octanol–water partition coefficient (Wildman–Crippen LogP) is 2.21. The zero-order chi connectivity index (χ0) is 15.0. The van der Waals surface area contributed by atoms with Crippen molar-refractivity contribution in [3.05, 3.63) is 35.4 Å². The van der Waals surface area contributed by atoms with E-state index in [-0.39, 0.29) is 11.9 Å². The van der Waals surface area contributed by atoms with E-state index >= 15 is 0 Å². The maximum atomic E-state index is 14.1. The third-order valence-corrected chi connectivity index (χ3v) is 4.72. The van der Waals surface area contributed by atoms with Crippen LogP contribution in [0.5, 0.6) is 0 Å². The van der Waals surface area contributed by atoms with Crippen LogP contribution in [0.4, 0.5) is 8.78 Å². The average molecular weight is 294 g/mol. The van der Waals surface area contributed by atoms with Gasteiger partial charge in [0.25, 0.3) is 0 Å². The summed E-state index contributed by atoms with van der Waals surface area (Å²) in [6.45, 7) is 4.08. The molecule has 21 heavy (non-hydrogen) atoms. The lowest BCUT2D eigenvalue weighted by molar-refractivity contribution is -0.142. The summed E-state index contributed by atoms with van der Waals surface area (Å²) < 4.78 is 27.3. The Morgan fingerprint density at radius 2 is 2.14 bits per heavy atom.